The molecule has 0 aromatic carbocycles. The summed E-state index contributed by atoms with van der Waals surface area (Å²) in [6, 6.07) is 0. The van der Waals surface area contributed by atoms with E-state index in [1.54, 1.807) is 0 Å². The number of hydrogen-bond donors (Lipinski definition) is 1. The van der Waals surface area contributed by atoms with Crippen molar-refractivity contribution in [3.05, 3.63) is 17.5 Å². The van der Waals surface area contributed by atoms with Crippen LogP contribution in [0.4, 0.5) is 5.95 Å². The zero-order chi connectivity index (χ0) is 11.5. The Kier molecular flexibility index (Phi) is 3.91. The van der Waals surface area contributed by atoms with Crippen molar-refractivity contribution in [2.75, 3.05) is 11.2 Å². The molecule has 4 heteroatoms. The second-order valence-corrected chi connectivity index (χ2v) is 4.79. The third-order valence-corrected chi connectivity index (χ3v) is 2.58. The fourth-order valence-electron chi connectivity index (χ4n) is 1.19. The first-order valence-electron chi connectivity index (χ1n) is 5.09. The summed E-state index contributed by atoms with van der Waals surface area (Å²) in [6.45, 7) is 8.17. The number of alkyl halides is 1. The van der Waals surface area contributed by atoms with Gasteiger partial charge in [0.05, 0.1) is 0 Å². The lowest BCUT2D eigenvalue weighted by Crippen LogP contribution is -2.32. The van der Waals surface area contributed by atoms with Crippen LogP contribution >= 0.6 is 11.6 Å². The molecule has 15 heavy (non-hydrogen) atoms. The van der Waals surface area contributed by atoms with E-state index in [-0.39, 0.29) is 5.54 Å². The van der Waals surface area contributed by atoms with Gasteiger partial charge in [-0.1, -0.05) is 0 Å². The predicted octanol–water partition coefficient (Wildman–Crippen LogP) is 2.91. The zero-order valence-electron chi connectivity index (χ0n) is 9.76. The third kappa shape index (κ3) is 3.67. The van der Waals surface area contributed by atoms with E-state index < -0.39 is 0 Å². The molecule has 0 radical (unpaired) electrons. The summed E-state index contributed by atoms with van der Waals surface area (Å²) in [4.78, 5) is 8.62. The molecular weight excluding hydrogens is 210 g/mol. The van der Waals surface area contributed by atoms with Crippen LogP contribution in [-0.2, 0) is 0 Å². The molecule has 0 amide bonds. The topological polar surface area (TPSA) is 37.8 Å². The van der Waals surface area contributed by atoms with Crippen LogP contribution in [0.25, 0.3) is 0 Å². The molecule has 1 heterocycles. The largest absolute Gasteiger partial charge is 0.349 e. The van der Waals surface area contributed by atoms with Gasteiger partial charge in [0.2, 0.25) is 5.95 Å². The molecular formula is C11H18ClN3. The number of hydrogen-bond acceptors (Lipinski definition) is 3. The smallest absolute Gasteiger partial charge is 0.223 e. The van der Waals surface area contributed by atoms with E-state index in [1.165, 1.54) is 0 Å². The average Bonchev–Trinajstić information content (AvgIpc) is 2.10. The summed E-state index contributed by atoms with van der Waals surface area (Å²) >= 11 is 5.73. The van der Waals surface area contributed by atoms with Crippen LogP contribution < -0.4 is 5.32 Å². The number of rotatable bonds is 4. The zero-order valence-corrected chi connectivity index (χ0v) is 10.5. The van der Waals surface area contributed by atoms with Gasteiger partial charge < -0.3 is 5.32 Å². The van der Waals surface area contributed by atoms with Crippen LogP contribution in [-0.4, -0.2) is 21.4 Å². The van der Waals surface area contributed by atoms with E-state index in [2.05, 4.69) is 29.1 Å². The molecule has 1 rings (SSSR count). The summed E-state index contributed by atoms with van der Waals surface area (Å²) in [6.07, 6.45) is 2.71. The lowest BCUT2D eigenvalue weighted by molar-refractivity contribution is 0.544. The fraction of sp³-hybridized carbons (Fsp3) is 0.636. The minimum atomic E-state index is -0.0660. The van der Waals surface area contributed by atoms with E-state index in [9.17, 15) is 0 Å². The van der Waals surface area contributed by atoms with Crippen molar-refractivity contribution < 1.29 is 0 Å². The molecule has 0 atom stereocenters. The highest BCUT2D eigenvalue weighted by Crippen LogP contribution is 2.16. The minimum Gasteiger partial charge on any atom is -0.349 e. The molecule has 0 fully saturated rings. The Labute approximate surface area is 96.3 Å². The van der Waals surface area contributed by atoms with Gasteiger partial charge in [-0.25, -0.2) is 9.97 Å². The Morgan fingerprint density at radius 2 is 2.07 bits per heavy atom. The van der Waals surface area contributed by atoms with Crippen molar-refractivity contribution in [1.82, 2.24) is 9.97 Å². The summed E-state index contributed by atoms with van der Waals surface area (Å²) in [5.74, 6) is 1.30. The maximum absolute atomic E-state index is 5.73. The average molecular weight is 228 g/mol. The summed E-state index contributed by atoms with van der Waals surface area (Å²) in [7, 11) is 0. The van der Waals surface area contributed by atoms with Crippen molar-refractivity contribution in [2.24, 2.45) is 0 Å². The van der Waals surface area contributed by atoms with Crippen LogP contribution in [0.5, 0.6) is 0 Å². The molecule has 1 aromatic heterocycles. The Morgan fingerprint density at radius 1 is 1.40 bits per heavy atom. The SMILES string of the molecule is Cc1cnc(NC(C)(C)CCCl)nc1C. The van der Waals surface area contributed by atoms with E-state index in [1.807, 2.05) is 20.0 Å². The van der Waals surface area contributed by atoms with Gasteiger partial charge in [0.15, 0.2) is 0 Å². The summed E-state index contributed by atoms with van der Waals surface area (Å²) in [5, 5.41) is 3.28. The van der Waals surface area contributed by atoms with Crippen molar-refractivity contribution in [1.29, 1.82) is 0 Å². The third-order valence-electron chi connectivity index (χ3n) is 2.39. The Bertz CT molecular complexity index is 337. The Morgan fingerprint density at radius 3 is 2.60 bits per heavy atom. The molecule has 0 aliphatic carbocycles. The molecule has 3 nitrogen and oxygen atoms in total. The van der Waals surface area contributed by atoms with Crippen LogP contribution in [0.1, 0.15) is 31.5 Å². The molecule has 0 aliphatic heterocycles. The molecule has 1 aromatic rings. The second kappa shape index (κ2) is 4.79. The first-order chi connectivity index (χ1) is 6.94. The molecule has 0 unspecified atom stereocenters. The van der Waals surface area contributed by atoms with Gasteiger partial charge in [-0.3, -0.25) is 0 Å². The molecule has 0 saturated carbocycles. The second-order valence-electron chi connectivity index (χ2n) is 4.41. The summed E-state index contributed by atoms with van der Waals surface area (Å²) < 4.78 is 0. The van der Waals surface area contributed by atoms with Crippen LogP contribution in [0.3, 0.4) is 0 Å². The van der Waals surface area contributed by atoms with Gasteiger partial charge in [0.1, 0.15) is 0 Å². The predicted molar refractivity (Wildman–Crippen MR) is 64.5 cm³/mol. The van der Waals surface area contributed by atoms with Crippen molar-refractivity contribution in [2.45, 2.75) is 39.7 Å². The van der Waals surface area contributed by atoms with Gasteiger partial charge in [0.25, 0.3) is 0 Å². The molecule has 84 valence electrons. The lowest BCUT2D eigenvalue weighted by Gasteiger charge is -2.25. The van der Waals surface area contributed by atoms with Gasteiger partial charge in [-0.2, -0.15) is 0 Å². The van der Waals surface area contributed by atoms with Gasteiger partial charge in [-0.05, 0) is 39.7 Å². The van der Waals surface area contributed by atoms with Gasteiger partial charge in [0, 0.05) is 23.3 Å². The van der Waals surface area contributed by atoms with Crippen molar-refractivity contribution >= 4 is 17.5 Å². The molecule has 1 N–H and O–H groups in total. The molecule has 0 bridgehead atoms. The van der Waals surface area contributed by atoms with Crippen LogP contribution in [0, 0.1) is 13.8 Å². The highest BCUT2D eigenvalue weighted by molar-refractivity contribution is 6.17. The highest BCUT2D eigenvalue weighted by atomic mass is 35.5. The minimum absolute atomic E-state index is 0.0660. The number of nitrogens with zero attached hydrogens (tertiary/aromatic N) is 2. The van der Waals surface area contributed by atoms with Gasteiger partial charge >= 0.3 is 0 Å². The fourth-order valence-corrected chi connectivity index (χ4v) is 1.66. The number of aryl methyl sites for hydroxylation is 2. The van der Waals surface area contributed by atoms with Crippen LogP contribution in [0.15, 0.2) is 6.20 Å². The molecule has 0 saturated heterocycles. The van der Waals surface area contributed by atoms with Crippen molar-refractivity contribution in [3.8, 4) is 0 Å². The van der Waals surface area contributed by atoms with E-state index in [4.69, 9.17) is 11.6 Å². The molecule has 0 aliphatic rings. The van der Waals surface area contributed by atoms with Crippen LogP contribution in [0.2, 0.25) is 0 Å². The van der Waals surface area contributed by atoms with E-state index in [0.717, 1.165) is 17.7 Å². The summed E-state index contributed by atoms with van der Waals surface area (Å²) in [5.41, 5.74) is 2.05. The lowest BCUT2D eigenvalue weighted by atomic mass is 10.0. The maximum atomic E-state index is 5.73. The first kappa shape index (κ1) is 12.2. The highest BCUT2D eigenvalue weighted by Gasteiger charge is 2.17. The number of halogens is 1. The Balaban J connectivity index is 2.76. The number of aromatic nitrogens is 2. The first-order valence-corrected chi connectivity index (χ1v) is 5.62. The normalized spacial score (nSPS) is 11.5. The standard InChI is InChI=1S/C11H18ClN3/c1-8-7-13-10(14-9(8)2)15-11(3,4)5-6-12/h7H,5-6H2,1-4H3,(H,13,14,15). The quantitative estimate of drug-likeness (QED) is 0.804. The maximum Gasteiger partial charge on any atom is 0.223 e. The van der Waals surface area contributed by atoms with Gasteiger partial charge in [-0.15, -0.1) is 11.6 Å². The Hall–Kier alpha value is -0.830. The van der Waals surface area contributed by atoms with Crippen molar-refractivity contribution in [3.63, 3.8) is 0 Å². The molecule has 0 spiro atoms. The number of anilines is 1. The monoisotopic (exact) mass is 227 g/mol. The van der Waals surface area contributed by atoms with E-state index >= 15 is 0 Å². The number of nitrogens with one attached hydrogen (secondary N) is 1. The van der Waals surface area contributed by atoms with E-state index in [0.29, 0.717) is 11.8 Å².